The van der Waals surface area contributed by atoms with E-state index in [4.69, 9.17) is 0 Å². The van der Waals surface area contributed by atoms with Crippen LogP contribution in [0.1, 0.15) is 6.92 Å². The molecule has 7 heteroatoms. The van der Waals surface area contributed by atoms with E-state index in [0.717, 1.165) is 0 Å². The highest BCUT2D eigenvalue weighted by molar-refractivity contribution is 7.89. The van der Waals surface area contributed by atoms with Crippen molar-refractivity contribution < 1.29 is 13.3 Å². The van der Waals surface area contributed by atoms with Crippen LogP contribution in [-0.4, -0.2) is 30.2 Å². The number of hydrogen-bond acceptors (Lipinski definition) is 4. The number of nitro benzene ring substituents is 1. The second-order valence-electron chi connectivity index (χ2n) is 3.67. The van der Waals surface area contributed by atoms with Gasteiger partial charge in [-0.3, -0.25) is 10.1 Å². The molecule has 6 nitrogen and oxygen atoms in total. The van der Waals surface area contributed by atoms with E-state index in [1.165, 1.54) is 28.6 Å². The fourth-order valence-corrected chi connectivity index (χ4v) is 3.06. The molecule has 0 aromatic heterocycles. The molecule has 16 heavy (non-hydrogen) atoms. The lowest BCUT2D eigenvalue weighted by Crippen LogP contribution is -2.13. The van der Waals surface area contributed by atoms with Gasteiger partial charge in [0.1, 0.15) is 0 Å². The summed E-state index contributed by atoms with van der Waals surface area (Å²) in [4.78, 5) is 9.95. The Labute approximate surface area is 92.7 Å². The Balaban J connectivity index is 2.32. The summed E-state index contributed by atoms with van der Waals surface area (Å²) in [5.74, 6) is 0. The monoisotopic (exact) mass is 242 g/mol. The smallest absolute Gasteiger partial charge is 0.258 e. The first kappa shape index (κ1) is 11.0. The molecule has 1 aromatic carbocycles. The fourth-order valence-electron chi connectivity index (χ4n) is 1.42. The summed E-state index contributed by atoms with van der Waals surface area (Å²) < 4.78 is 25.0. The molecule has 0 bridgehead atoms. The maximum atomic E-state index is 11.8. The van der Waals surface area contributed by atoms with Crippen LogP contribution in [0.2, 0.25) is 0 Å². The molecule has 1 aliphatic heterocycles. The van der Waals surface area contributed by atoms with Crippen LogP contribution in [0.3, 0.4) is 0 Å². The van der Waals surface area contributed by atoms with Gasteiger partial charge < -0.3 is 0 Å². The standard InChI is InChI=1S/C9H10N2O4S/c1-7-6-10(7)16(14,15)9-4-2-8(3-5-9)11(12)13/h2-5,7H,6H2,1H3/t7-,10?/m1/s1. The second-order valence-corrected chi connectivity index (χ2v) is 5.57. The van der Waals surface area contributed by atoms with Crippen LogP contribution in [0.15, 0.2) is 29.2 Å². The van der Waals surface area contributed by atoms with Crippen molar-refractivity contribution >= 4 is 15.7 Å². The molecule has 2 rings (SSSR count). The molecule has 1 fully saturated rings. The SMILES string of the molecule is C[C@@H]1CN1S(=O)(=O)c1ccc([N+](=O)[O-])cc1. The van der Waals surface area contributed by atoms with Gasteiger partial charge in [-0.25, -0.2) is 8.42 Å². The average Bonchev–Trinajstić information content (AvgIpc) is 2.96. The van der Waals surface area contributed by atoms with E-state index in [1.807, 2.05) is 6.92 Å². The zero-order chi connectivity index (χ0) is 11.9. The number of hydrogen-bond donors (Lipinski definition) is 0. The van der Waals surface area contributed by atoms with E-state index in [1.54, 1.807) is 0 Å². The summed E-state index contributed by atoms with van der Waals surface area (Å²) in [5.41, 5.74) is -0.113. The predicted molar refractivity (Wildman–Crippen MR) is 56.5 cm³/mol. The Morgan fingerprint density at radius 2 is 1.88 bits per heavy atom. The van der Waals surface area contributed by atoms with Crippen molar-refractivity contribution in [3.8, 4) is 0 Å². The van der Waals surface area contributed by atoms with Crippen LogP contribution in [0.5, 0.6) is 0 Å². The van der Waals surface area contributed by atoms with Crippen molar-refractivity contribution in [2.75, 3.05) is 6.54 Å². The van der Waals surface area contributed by atoms with Gasteiger partial charge in [0.15, 0.2) is 0 Å². The van der Waals surface area contributed by atoms with Crippen LogP contribution in [0.25, 0.3) is 0 Å². The molecule has 86 valence electrons. The lowest BCUT2D eigenvalue weighted by molar-refractivity contribution is -0.384. The zero-order valence-electron chi connectivity index (χ0n) is 8.53. The molecule has 0 spiro atoms. The Morgan fingerprint density at radius 1 is 1.38 bits per heavy atom. The van der Waals surface area contributed by atoms with Gasteiger partial charge in [0.2, 0.25) is 10.0 Å². The summed E-state index contributed by atoms with van der Waals surface area (Å²) >= 11 is 0. The molecule has 1 heterocycles. The number of sulfonamides is 1. The largest absolute Gasteiger partial charge is 0.269 e. The lowest BCUT2D eigenvalue weighted by atomic mass is 10.3. The first-order chi connectivity index (χ1) is 7.43. The topological polar surface area (TPSA) is 80.3 Å². The first-order valence-electron chi connectivity index (χ1n) is 4.69. The van der Waals surface area contributed by atoms with Crippen LogP contribution in [0, 0.1) is 10.1 Å². The fraction of sp³-hybridized carbons (Fsp3) is 0.333. The van der Waals surface area contributed by atoms with Crippen molar-refractivity contribution in [3.63, 3.8) is 0 Å². The summed E-state index contributed by atoms with van der Waals surface area (Å²) in [6.07, 6.45) is 0. The number of nitro groups is 1. The molecular weight excluding hydrogens is 232 g/mol. The molecule has 0 radical (unpaired) electrons. The highest BCUT2D eigenvalue weighted by Gasteiger charge is 2.41. The molecule has 0 amide bonds. The Morgan fingerprint density at radius 3 is 2.25 bits per heavy atom. The Hall–Kier alpha value is -1.47. The van der Waals surface area contributed by atoms with Gasteiger partial charge in [-0.1, -0.05) is 0 Å². The van der Waals surface area contributed by atoms with Crippen molar-refractivity contribution in [2.24, 2.45) is 0 Å². The van der Waals surface area contributed by atoms with Crippen molar-refractivity contribution in [2.45, 2.75) is 17.9 Å². The maximum absolute atomic E-state index is 11.8. The Bertz CT molecular complexity index is 523. The number of rotatable bonds is 3. The molecule has 1 aromatic rings. The van der Waals surface area contributed by atoms with Crippen LogP contribution < -0.4 is 0 Å². The van der Waals surface area contributed by atoms with E-state index in [9.17, 15) is 18.5 Å². The average molecular weight is 242 g/mol. The molecule has 0 saturated carbocycles. The minimum absolute atomic E-state index is 0.0280. The number of non-ortho nitro benzene ring substituents is 1. The first-order valence-corrected chi connectivity index (χ1v) is 6.13. The van der Waals surface area contributed by atoms with Gasteiger partial charge in [0.25, 0.3) is 5.69 Å². The lowest BCUT2D eigenvalue weighted by Gasteiger charge is -2.04. The summed E-state index contributed by atoms with van der Waals surface area (Å²) in [7, 11) is -3.45. The van der Waals surface area contributed by atoms with Gasteiger partial charge in [0.05, 0.1) is 9.82 Å². The summed E-state index contributed by atoms with van der Waals surface area (Å²) in [6, 6.07) is 4.94. The van der Waals surface area contributed by atoms with Crippen molar-refractivity contribution in [1.82, 2.24) is 4.31 Å². The minimum atomic E-state index is -3.45. The van der Waals surface area contributed by atoms with E-state index in [-0.39, 0.29) is 16.6 Å². The third kappa shape index (κ3) is 1.79. The van der Waals surface area contributed by atoms with Gasteiger partial charge in [-0.15, -0.1) is 0 Å². The third-order valence-electron chi connectivity index (χ3n) is 2.46. The van der Waals surface area contributed by atoms with Gasteiger partial charge in [0, 0.05) is 24.7 Å². The van der Waals surface area contributed by atoms with Crippen LogP contribution in [0.4, 0.5) is 5.69 Å². The molecule has 0 N–H and O–H groups in total. The van der Waals surface area contributed by atoms with Crippen LogP contribution in [-0.2, 0) is 10.0 Å². The normalized spacial score (nSPS) is 24.1. The van der Waals surface area contributed by atoms with Crippen molar-refractivity contribution in [1.29, 1.82) is 0 Å². The van der Waals surface area contributed by atoms with E-state index in [2.05, 4.69) is 0 Å². The van der Waals surface area contributed by atoms with Gasteiger partial charge in [-0.05, 0) is 19.1 Å². The third-order valence-corrected chi connectivity index (χ3v) is 4.45. The molecular formula is C9H10N2O4S. The van der Waals surface area contributed by atoms with E-state index < -0.39 is 14.9 Å². The molecule has 1 aliphatic rings. The highest BCUT2D eigenvalue weighted by atomic mass is 32.2. The maximum Gasteiger partial charge on any atom is 0.269 e. The van der Waals surface area contributed by atoms with Crippen molar-refractivity contribution in [3.05, 3.63) is 34.4 Å². The Kier molecular flexibility index (Phi) is 2.43. The minimum Gasteiger partial charge on any atom is -0.258 e. The predicted octanol–water partition coefficient (Wildman–Crippen LogP) is 0.988. The number of nitrogens with zero attached hydrogens (tertiary/aromatic N) is 2. The molecule has 2 atom stereocenters. The highest BCUT2D eigenvalue weighted by Crippen LogP contribution is 2.28. The number of benzene rings is 1. The van der Waals surface area contributed by atoms with E-state index in [0.29, 0.717) is 6.54 Å². The van der Waals surface area contributed by atoms with E-state index >= 15 is 0 Å². The zero-order valence-corrected chi connectivity index (χ0v) is 9.35. The summed E-state index contributed by atoms with van der Waals surface area (Å²) in [5, 5.41) is 10.4. The second kappa shape index (κ2) is 3.53. The molecule has 1 unspecified atom stereocenters. The molecule has 0 aliphatic carbocycles. The molecule has 1 saturated heterocycles. The quantitative estimate of drug-likeness (QED) is 0.449. The van der Waals surface area contributed by atoms with Crippen LogP contribution >= 0.6 is 0 Å². The van der Waals surface area contributed by atoms with Gasteiger partial charge >= 0.3 is 0 Å². The summed E-state index contributed by atoms with van der Waals surface area (Å²) in [6.45, 7) is 2.32. The van der Waals surface area contributed by atoms with Gasteiger partial charge in [-0.2, -0.15) is 4.31 Å².